The first-order chi connectivity index (χ1) is 10.2. The molecule has 3 aromatic rings. The van der Waals surface area contributed by atoms with Gasteiger partial charge in [0.1, 0.15) is 5.76 Å². The van der Waals surface area contributed by atoms with Crippen molar-refractivity contribution in [2.75, 3.05) is 12.4 Å². The van der Waals surface area contributed by atoms with Crippen molar-refractivity contribution in [2.45, 2.75) is 13.0 Å². The number of anilines is 1. The van der Waals surface area contributed by atoms with Crippen molar-refractivity contribution in [1.29, 1.82) is 0 Å². The maximum Gasteiger partial charge on any atom is 0.176 e. The minimum atomic E-state index is 0.0283. The first kappa shape index (κ1) is 13.8. The normalized spacial score (nSPS) is 12.3. The molecule has 108 valence electrons. The molecule has 0 spiro atoms. The van der Waals surface area contributed by atoms with Gasteiger partial charge in [0.2, 0.25) is 0 Å². The lowest BCUT2D eigenvalue weighted by atomic mass is 10.2. The average Bonchev–Trinajstić information content (AvgIpc) is 2.91. The molecule has 0 saturated heterocycles. The van der Waals surface area contributed by atoms with Crippen molar-refractivity contribution >= 4 is 28.3 Å². The number of hydrogen-bond donors (Lipinski definition) is 1. The molecule has 1 heterocycles. The van der Waals surface area contributed by atoms with Crippen LogP contribution in [0.15, 0.2) is 52.9 Å². The molecule has 1 atom stereocenters. The molecular weight excluding hydrogens is 286 g/mol. The summed E-state index contributed by atoms with van der Waals surface area (Å²) in [5, 5.41) is 5.12. The van der Waals surface area contributed by atoms with Crippen molar-refractivity contribution in [2.24, 2.45) is 0 Å². The van der Waals surface area contributed by atoms with E-state index >= 15 is 0 Å². The molecule has 0 radical (unpaired) electrons. The van der Waals surface area contributed by atoms with Gasteiger partial charge in [0.25, 0.3) is 0 Å². The van der Waals surface area contributed by atoms with Gasteiger partial charge in [0.15, 0.2) is 11.3 Å². The van der Waals surface area contributed by atoms with Crippen LogP contribution in [0, 0.1) is 0 Å². The SMILES string of the molecule is COc1cccc2cc(C(C)Nc3cccc(Cl)c3)oc12. The second kappa shape index (κ2) is 5.70. The van der Waals surface area contributed by atoms with Crippen LogP contribution in [0.3, 0.4) is 0 Å². The molecule has 0 amide bonds. The minimum absolute atomic E-state index is 0.0283. The van der Waals surface area contributed by atoms with E-state index in [1.165, 1.54) is 0 Å². The fourth-order valence-corrected chi connectivity index (χ4v) is 2.52. The Morgan fingerprint density at radius 2 is 1.95 bits per heavy atom. The molecule has 3 rings (SSSR count). The summed E-state index contributed by atoms with van der Waals surface area (Å²) in [4.78, 5) is 0. The third-order valence-corrected chi connectivity index (χ3v) is 3.62. The highest BCUT2D eigenvalue weighted by atomic mass is 35.5. The summed E-state index contributed by atoms with van der Waals surface area (Å²) in [5.41, 5.74) is 1.73. The van der Waals surface area contributed by atoms with E-state index in [0.29, 0.717) is 5.02 Å². The molecule has 3 nitrogen and oxygen atoms in total. The number of furan rings is 1. The fourth-order valence-electron chi connectivity index (χ4n) is 2.33. The highest BCUT2D eigenvalue weighted by molar-refractivity contribution is 6.30. The summed E-state index contributed by atoms with van der Waals surface area (Å²) < 4.78 is 11.3. The van der Waals surface area contributed by atoms with E-state index < -0.39 is 0 Å². The largest absolute Gasteiger partial charge is 0.493 e. The lowest BCUT2D eigenvalue weighted by Gasteiger charge is -2.12. The number of ether oxygens (including phenoxy) is 1. The molecule has 0 fully saturated rings. The van der Waals surface area contributed by atoms with Crippen LogP contribution in [0.1, 0.15) is 18.7 Å². The fraction of sp³-hybridized carbons (Fsp3) is 0.176. The zero-order valence-electron chi connectivity index (χ0n) is 11.9. The maximum absolute atomic E-state index is 6.00. The van der Waals surface area contributed by atoms with Gasteiger partial charge < -0.3 is 14.5 Å². The molecular formula is C17H16ClNO2. The average molecular weight is 302 g/mol. The molecule has 0 aliphatic rings. The number of halogens is 1. The van der Waals surface area contributed by atoms with Gasteiger partial charge in [-0.05, 0) is 37.3 Å². The maximum atomic E-state index is 6.00. The van der Waals surface area contributed by atoms with E-state index in [4.69, 9.17) is 20.8 Å². The number of hydrogen-bond acceptors (Lipinski definition) is 3. The molecule has 4 heteroatoms. The Labute approximate surface area is 128 Å². The molecule has 1 N–H and O–H groups in total. The first-order valence-corrected chi connectivity index (χ1v) is 7.14. The quantitative estimate of drug-likeness (QED) is 0.713. The zero-order valence-corrected chi connectivity index (χ0v) is 12.6. The topological polar surface area (TPSA) is 34.4 Å². The molecule has 1 unspecified atom stereocenters. The van der Waals surface area contributed by atoms with E-state index in [-0.39, 0.29) is 6.04 Å². The van der Waals surface area contributed by atoms with Crippen LogP contribution in [-0.4, -0.2) is 7.11 Å². The number of methoxy groups -OCH3 is 1. The van der Waals surface area contributed by atoms with Crippen LogP contribution in [0.2, 0.25) is 5.02 Å². The summed E-state index contributed by atoms with van der Waals surface area (Å²) in [5.74, 6) is 1.60. The Morgan fingerprint density at radius 3 is 2.71 bits per heavy atom. The number of nitrogens with one attached hydrogen (secondary N) is 1. The number of benzene rings is 2. The van der Waals surface area contributed by atoms with Crippen LogP contribution < -0.4 is 10.1 Å². The Morgan fingerprint density at radius 1 is 1.14 bits per heavy atom. The van der Waals surface area contributed by atoms with E-state index in [0.717, 1.165) is 28.2 Å². The lowest BCUT2D eigenvalue weighted by molar-refractivity contribution is 0.406. The highest BCUT2D eigenvalue weighted by Gasteiger charge is 2.14. The van der Waals surface area contributed by atoms with Crippen molar-refractivity contribution in [3.8, 4) is 5.75 Å². The lowest BCUT2D eigenvalue weighted by Crippen LogP contribution is -2.05. The van der Waals surface area contributed by atoms with Crippen LogP contribution >= 0.6 is 11.6 Å². The van der Waals surface area contributed by atoms with Crippen LogP contribution in [-0.2, 0) is 0 Å². The van der Waals surface area contributed by atoms with Gasteiger partial charge in [-0.3, -0.25) is 0 Å². The van der Waals surface area contributed by atoms with Crippen molar-refractivity contribution in [3.05, 3.63) is 59.3 Å². The van der Waals surface area contributed by atoms with Crippen LogP contribution in [0.25, 0.3) is 11.0 Å². The van der Waals surface area contributed by atoms with Gasteiger partial charge in [-0.15, -0.1) is 0 Å². The van der Waals surface area contributed by atoms with Gasteiger partial charge in [-0.25, -0.2) is 0 Å². The van der Waals surface area contributed by atoms with Crippen molar-refractivity contribution in [3.63, 3.8) is 0 Å². The monoisotopic (exact) mass is 301 g/mol. The molecule has 2 aromatic carbocycles. The molecule has 0 saturated carbocycles. The van der Waals surface area contributed by atoms with E-state index in [2.05, 4.69) is 5.32 Å². The zero-order chi connectivity index (χ0) is 14.8. The van der Waals surface area contributed by atoms with E-state index in [1.807, 2.05) is 55.5 Å². The van der Waals surface area contributed by atoms with Crippen LogP contribution in [0.5, 0.6) is 5.75 Å². The number of para-hydroxylation sites is 1. The standard InChI is InChI=1S/C17H16ClNO2/c1-11(19-14-7-4-6-13(18)10-14)16-9-12-5-3-8-15(20-2)17(12)21-16/h3-11,19H,1-2H3. The smallest absolute Gasteiger partial charge is 0.176 e. The van der Waals surface area contributed by atoms with Gasteiger partial charge in [0, 0.05) is 16.1 Å². The minimum Gasteiger partial charge on any atom is -0.493 e. The number of fused-ring (bicyclic) bond motifs is 1. The first-order valence-electron chi connectivity index (χ1n) is 6.76. The Bertz CT molecular complexity index is 766. The predicted octanol–water partition coefficient (Wildman–Crippen LogP) is 5.27. The number of rotatable bonds is 4. The summed E-state index contributed by atoms with van der Waals surface area (Å²) in [6.45, 7) is 2.05. The van der Waals surface area contributed by atoms with E-state index in [9.17, 15) is 0 Å². The van der Waals surface area contributed by atoms with Gasteiger partial charge >= 0.3 is 0 Å². The summed E-state index contributed by atoms with van der Waals surface area (Å²) in [6.07, 6.45) is 0. The van der Waals surface area contributed by atoms with Crippen molar-refractivity contribution in [1.82, 2.24) is 0 Å². The van der Waals surface area contributed by atoms with Crippen LogP contribution in [0.4, 0.5) is 5.69 Å². The molecule has 0 aliphatic carbocycles. The van der Waals surface area contributed by atoms with Crippen molar-refractivity contribution < 1.29 is 9.15 Å². The predicted molar refractivity (Wildman–Crippen MR) is 86.3 cm³/mol. The second-order valence-corrected chi connectivity index (χ2v) is 5.34. The summed E-state index contributed by atoms with van der Waals surface area (Å²) >= 11 is 6.00. The molecule has 1 aromatic heterocycles. The highest BCUT2D eigenvalue weighted by Crippen LogP contribution is 2.32. The van der Waals surface area contributed by atoms with Gasteiger partial charge in [-0.1, -0.05) is 29.8 Å². The van der Waals surface area contributed by atoms with Gasteiger partial charge in [-0.2, -0.15) is 0 Å². The Balaban J connectivity index is 1.89. The Hall–Kier alpha value is -2.13. The third kappa shape index (κ3) is 2.83. The Kier molecular flexibility index (Phi) is 3.76. The summed E-state index contributed by atoms with van der Waals surface area (Å²) in [7, 11) is 1.64. The van der Waals surface area contributed by atoms with Gasteiger partial charge in [0.05, 0.1) is 13.2 Å². The molecule has 0 aliphatic heterocycles. The molecule has 0 bridgehead atoms. The second-order valence-electron chi connectivity index (χ2n) is 4.90. The molecule has 21 heavy (non-hydrogen) atoms. The summed E-state index contributed by atoms with van der Waals surface area (Å²) in [6, 6.07) is 15.5. The third-order valence-electron chi connectivity index (χ3n) is 3.38. The van der Waals surface area contributed by atoms with E-state index in [1.54, 1.807) is 7.11 Å².